The summed E-state index contributed by atoms with van der Waals surface area (Å²) in [6.45, 7) is 2.58. The predicted octanol–water partition coefficient (Wildman–Crippen LogP) is 3.18. The molecular formula is C24H28N2O5. The lowest BCUT2D eigenvalue weighted by Crippen LogP contribution is -2.34. The summed E-state index contributed by atoms with van der Waals surface area (Å²) >= 11 is 0. The average Bonchev–Trinajstić information content (AvgIpc) is 2.77. The van der Waals surface area contributed by atoms with Gasteiger partial charge in [0.25, 0.3) is 11.8 Å². The van der Waals surface area contributed by atoms with Gasteiger partial charge in [-0.1, -0.05) is 17.7 Å². The van der Waals surface area contributed by atoms with Crippen molar-refractivity contribution in [3.63, 3.8) is 0 Å². The Morgan fingerprint density at radius 3 is 2.10 bits per heavy atom. The Bertz CT molecular complexity index is 918. The van der Waals surface area contributed by atoms with Crippen LogP contribution < -0.4 is 15.4 Å². The minimum Gasteiger partial charge on any atom is -0.490 e. The van der Waals surface area contributed by atoms with Gasteiger partial charge in [-0.2, -0.15) is 0 Å². The van der Waals surface area contributed by atoms with Gasteiger partial charge < -0.3 is 20.5 Å². The van der Waals surface area contributed by atoms with Crippen LogP contribution >= 0.6 is 0 Å². The van der Waals surface area contributed by atoms with E-state index in [9.17, 15) is 14.4 Å². The first kappa shape index (κ1) is 22.3. The van der Waals surface area contributed by atoms with Crippen LogP contribution in [0.5, 0.6) is 5.75 Å². The summed E-state index contributed by atoms with van der Waals surface area (Å²) < 4.78 is 5.92. The number of aryl methyl sites for hydroxylation is 1. The van der Waals surface area contributed by atoms with E-state index in [0.29, 0.717) is 55.6 Å². The van der Waals surface area contributed by atoms with E-state index in [0.717, 1.165) is 5.56 Å². The minimum atomic E-state index is -0.733. The Balaban J connectivity index is 1.39. The molecule has 0 bridgehead atoms. The van der Waals surface area contributed by atoms with E-state index < -0.39 is 5.97 Å². The molecule has 0 unspecified atom stereocenters. The van der Waals surface area contributed by atoms with Crippen LogP contribution in [0.3, 0.4) is 0 Å². The van der Waals surface area contributed by atoms with Crippen molar-refractivity contribution in [1.29, 1.82) is 0 Å². The van der Waals surface area contributed by atoms with Gasteiger partial charge in [0.2, 0.25) is 0 Å². The number of amides is 2. The minimum absolute atomic E-state index is 0.00675. The maximum atomic E-state index is 12.3. The lowest BCUT2D eigenvalue weighted by molar-refractivity contribution is -0.143. The first-order chi connectivity index (χ1) is 14.9. The van der Waals surface area contributed by atoms with Crippen molar-refractivity contribution in [2.75, 3.05) is 13.1 Å². The first-order valence-electron chi connectivity index (χ1n) is 10.5. The number of hydrogen-bond donors (Lipinski definition) is 3. The van der Waals surface area contributed by atoms with E-state index in [2.05, 4.69) is 10.6 Å². The molecule has 1 aliphatic carbocycles. The number of nitrogens with one attached hydrogen (secondary N) is 2. The van der Waals surface area contributed by atoms with Gasteiger partial charge in [-0.15, -0.1) is 0 Å². The van der Waals surface area contributed by atoms with Gasteiger partial charge >= 0.3 is 5.97 Å². The third-order valence-corrected chi connectivity index (χ3v) is 5.42. The van der Waals surface area contributed by atoms with Crippen LogP contribution in [0.1, 0.15) is 52.0 Å². The summed E-state index contributed by atoms with van der Waals surface area (Å²) in [5.41, 5.74) is 2.12. The topological polar surface area (TPSA) is 105 Å². The molecule has 3 N–H and O–H groups in total. The highest BCUT2D eigenvalue weighted by Gasteiger charge is 2.26. The van der Waals surface area contributed by atoms with Crippen molar-refractivity contribution < 1.29 is 24.2 Å². The molecule has 31 heavy (non-hydrogen) atoms. The van der Waals surface area contributed by atoms with Crippen molar-refractivity contribution in [2.24, 2.45) is 5.92 Å². The highest BCUT2D eigenvalue weighted by molar-refractivity contribution is 5.95. The van der Waals surface area contributed by atoms with Gasteiger partial charge in [0.05, 0.1) is 12.0 Å². The Hall–Kier alpha value is -3.35. The maximum Gasteiger partial charge on any atom is 0.306 e. The largest absolute Gasteiger partial charge is 0.490 e. The second-order valence-electron chi connectivity index (χ2n) is 7.84. The van der Waals surface area contributed by atoms with Crippen LogP contribution in [0.25, 0.3) is 0 Å². The van der Waals surface area contributed by atoms with E-state index in [-0.39, 0.29) is 23.8 Å². The lowest BCUT2D eigenvalue weighted by Gasteiger charge is -2.26. The summed E-state index contributed by atoms with van der Waals surface area (Å²) in [4.78, 5) is 35.4. The summed E-state index contributed by atoms with van der Waals surface area (Å²) in [7, 11) is 0. The van der Waals surface area contributed by atoms with E-state index in [1.165, 1.54) is 0 Å². The molecule has 3 rings (SSSR count). The number of carbonyl (C=O) groups excluding carboxylic acids is 2. The normalized spacial score (nSPS) is 18.1. The van der Waals surface area contributed by atoms with Crippen molar-refractivity contribution >= 4 is 17.8 Å². The Morgan fingerprint density at radius 1 is 0.903 bits per heavy atom. The molecule has 1 saturated carbocycles. The Labute approximate surface area is 181 Å². The second-order valence-corrected chi connectivity index (χ2v) is 7.84. The molecule has 1 fully saturated rings. The lowest BCUT2D eigenvalue weighted by atomic mass is 9.87. The molecule has 0 aliphatic heterocycles. The fraction of sp³-hybridized carbons (Fsp3) is 0.375. The maximum absolute atomic E-state index is 12.3. The molecule has 7 heteroatoms. The SMILES string of the molecule is Cc1cccc(C(=O)NCCNC(=O)c2ccc(O[C@H]3CC[C@@H](C(=O)O)CC3)cc2)c1. The van der Waals surface area contributed by atoms with Crippen LogP contribution in [0, 0.1) is 12.8 Å². The van der Waals surface area contributed by atoms with Crippen LogP contribution in [-0.2, 0) is 4.79 Å². The van der Waals surface area contributed by atoms with Crippen molar-refractivity contribution in [1.82, 2.24) is 10.6 Å². The number of ether oxygens (including phenoxy) is 1. The molecule has 2 aromatic rings. The molecule has 164 valence electrons. The van der Waals surface area contributed by atoms with Gasteiger partial charge in [-0.3, -0.25) is 14.4 Å². The molecule has 1 aliphatic rings. The number of carboxylic acid groups (broad SMARTS) is 1. The molecular weight excluding hydrogens is 396 g/mol. The molecule has 0 spiro atoms. The number of benzene rings is 2. The Morgan fingerprint density at radius 2 is 1.52 bits per heavy atom. The highest BCUT2D eigenvalue weighted by atomic mass is 16.5. The van der Waals surface area contributed by atoms with E-state index in [1.807, 2.05) is 25.1 Å². The van der Waals surface area contributed by atoms with Crippen LogP contribution in [-0.4, -0.2) is 42.1 Å². The van der Waals surface area contributed by atoms with Crippen LogP contribution in [0.2, 0.25) is 0 Å². The van der Waals surface area contributed by atoms with Crippen molar-refractivity contribution in [2.45, 2.75) is 38.7 Å². The number of carbonyl (C=O) groups is 3. The summed E-state index contributed by atoms with van der Waals surface area (Å²) in [5.74, 6) is -0.730. The fourth-order valence-corrected chi connectivity index (χ4v) is 3.65. The van der Waals surface area contributed by atoms with Crippen molar-refractivity contribution in [3.8, 4) is 5.75 Å². The Kier molecular flexibility index (Phi) is 7.65. The number of aliphatic carboxylic acids is 1. The highest BCUT2D eigenvalue weighted by Crippen LogP contribution is 2.28. The molecule has 7 nitrogen and oxygen atoms in total. The van der Waals surface area contributed by atoms with Gasteiger partial charge in [0.15, 0.2) is 0 Å². The molecule has 0 atom stereocenters. The smallest absolute Gasteiger partial charge is 0.306 e. The van der Waals surface area contributed by atoms with Gasteiger partial charge in [0, 0.05) is 24.2 Å². The zero-order valence-electron chi connectivity index (χ0n) is 17.6. The van der Waals surface area contributed by atoms with E-state index >= 15 is 0 Å². The molecule has 0 radical (unpaired) electrons. The van der Waals surface area contributed by atoms with E-state index in [4.69, 9.17) is 9.84 Å². The van der Waals surface area contributed by atoms with Gasteiger partial charge in [-0.25, -0.2) is 0 Å². The third-order valence-electron chi connectivity index (χ3n) is 5.42. The fourth-order valence-electron chi connectivity index (χ4n) is 3.65. The van der Waals surface area contributed by atoms with Gasteiger partial charge in [0.1, 0.15) is 5.75 Å². The van der Waals surface area contributed by atoms with E-state index in [1.54, 1.807) is 30.3 Å². The van der Waals surface area contributed by atoms with Crippen LogP contribution in [0.4, 0.5) is 0 Å². The molecule has 0 saturated heterocycles. The zero-order valence-corrected chi connectivity index (χ0v) is 17.6. The predicted molar refractivity (Wildman–Crippen MR) is 116 cm³/mol. The summed E-state index contributed by atoms with van der Waals surface area (Å²) in [6.07, 6.45) is 2.69. The van der Waals surface area contributed by atoms with Crippen LogP contribution in [0.15, 0.2) is 48.5 Å². The van der Waals surface area contributed by atoms with Crippen molar-refractivity contribution in [3.05, 3.63) is 65.2 Å². The summed E-state index contributed by atoms with van der Waals surface area (Å²) in [5, 5.41) is 14.6. The number of carboxylic acids is 1. The molecule has 0 heterocycles. The standard InChI is InChI=1S/C24H28N2O5/c1-16-3-2-4-19(15-16)23(28)26-14-13-25-22(27)17-5-9-20(10-6-17)31-21-11-7-18(8-12-21)24(29)30/h2-6,9-10,15,18,21H,7-8,11-14H2,1H3,(H,25,27)(H,26,28)(H,29,30)/t18-,21+. The molecule has 0 aromatic heterocycles. The number of hydrogen-bond acceptors (Lipinski definition) is 4. The number of rotatable bonds is 8. The molecule has 2 aromatic carbocycles. The second kappa shape index (κ2) is 10.6. The average molecular weight is 424 g/mol. The monoisotopic (exact) mass is 424 g/mol. The first-order valence-corrected chi connectivity index (χ1v) is 10.5. The quantitative estimate of drug-likeness (QED) is 0.565. The third kappa shape index (κ3) is 6.57. The summed E-state index contributed by atoms with van der Waals surface area (Å²) in [6, 6.07) is 14.2. The van der Waals surface area contributed by atoms with Gasteiger partial charge in [-0.05, 0) is 69.0 Å². The molecule has 2 amide bonds. The zero-order chi connectivity index (χ0) is 22.2.